The smallest absolute Gasteiger partial charge is 0.310 e. The zero-order chi connectivity index (χ0) is 26.4. The van der Waals surface area contributed by atoms with Crippen LogP contribution in [0.2, 0.25) is 0 Å². The van der Waals surface area contributed by atoms with Crippen molar-refractivity contribution in [1.29, 1.82) is 0 Å². The molecule has 1 aliphatic heterocycles. The Bertz CT molecular complexity index is 1360. The van der Waals surface area contributed by atoms with Gasteiger partial charge in [0.05, 0.1) is 30.3 Å². The van der Waals surface area contributed by atoms with Gasteiger partial charge in [-0.05, 0) is 70.0 Å². The van der Waals surface area contributed by atoms with Crippen LogP contribution in [0, 0.1) is 6.92 Å². The SMILES string of the molecule is COc1cc(OCCCN2CCC[C@@H]2C)ccc1-n1c(C)nc2ccc(S(F)(F)(F)(F)F)cc2c1=O. The van der Waals surface area contributed by atoms with Crippen molar-refractivity contribution in [2.45, 2.75) is 44.0 Å². The molecule has 0 N–H and O–H groups in total. The molecule has 198 valence electrons. The quantitative estimate of drug-likeness (QED) is 0.241. The molecule has 3 aromatic rings. The second-order valence-electron chi connectivity index (χ2n) is 9.01. The lowest BCUT2D eigenvalue weighted by Crippen LogP contribution is -2.28. The summed E-state index contributed by atoms with van der Waals surface area (Å²) in [6.07, 6.45) is 3.23. The fourth-order valence-corrected chi connectivity index (χ4v) is 5.18. The van der Waals surface area contributed by atoms with Crippen molar-refractivity contribution in [2.24, 2.45) is 0 Å². The molecule has 2 aromatic carbocycles. The molecule has 1 aromatic heterocycles. The number of ether oxygens (including phenoxy) is 2. The number of aryl methyl sites for hydroxylation is 1. The molecule has 0 amide bonds. The fourth-order valence-electron chi connectivity index (χ4n) is 4.51. The van der Waals surface area contributed by atoms with E-state index >= 15 is 0 Å². The van der Waals surface area contributed by atoms with E-state index in [2.05, 4.69) is 16.8 Å². The van der Waals surface area contributed by atoms with Crippen molar-refractivity contribution in [3.63, 3.8) is 0 Å². The summed E-state index contributed by atoms with van der Waals surface area (Å²) in [6.45, 7) is 6.18. The Hall–Kier alpha value is -2.86. The second-order valence-corrected chi connectivity index (χ2v) is 11.4. The molecule has 36 heavy (non-hydrogen) atoms. The Labute approximate surface area is 205 Å². The van der Waals surface area contributed by atoms with Crippen molar-refractivity contribution in [2.75, 3.05) is 26.8 Å². The number of fused-ring (bicyclic) bond motifs is 1. The molecule has 0 saturated carbocycles. The van der Waals surface area contributed by atoms with Gasteiger partial charge in [0, 0.05) is 18.7 Å². The summed E-state index contributed by atoms with van der Waals surface area (Å²) in [5, 5.41) is -0.579. The first kappa shape index (κ1) is 26.2. The number of hydrogen-bond donors (Lipinski definition) is 0. The number of hydrogen-bond acceptors (Lipinski definition) is 5. The summed E-state index contributed by atoms with van der Waals surface area (Å²) < 4.78 is 79.0. The van der Waals surface area contributed by atoms with Crippen molar-refractivity contribution in [3.8, 4) is 17.2 Å². The summed E-state index contributed by atoms with van der Waals surface area (Å²) in [7, 11) is -8.60. The number of rotatable bonds is 8. The van der Waals surface area contributed by atoms with E-state index in [-0.39, 0.29) is 34.9 Å². The van der Waals surface area contributed by atoms with Crippen LogP contribution in [0.25, 0.3) is 16.6 Å². The molecule has 1 atom stereocenters. The molecule has 4 rings (SSSR count). The molecule has 0 bridgehead atoms. The minimum Gasteiger partial charge on any atom is -0.494 e. The van der Waals surface area contributed by atoms with E-state index in [0.717, 1.165) is 30.1 Å². The first-order valence-corrected chi connectivity index (χ1v) is 13.5. The fraction of sp³-hybridized carbons (Fsp3) is 0.417. The maximum absolute atomic E-state index is 13.3. The van der Waals surface area contributed by atoms with Gasteiger partial charge in [-0.15, -0.1) is 0 Å². The number of aromatic nitrogens is 2. The molecular weight excluding hydrogens is 505 g/mol. The molecule has 2 heterocycles. The highest BCUT2D eigenvalue weighted by Crippen LogP contribution is 3.02. The number of nitrogens with zero attached hydrogens (tertiary/aromatic N) is 3. The monoisotopic (exact) mass is 533 g/mol. The van der Waals surface area contributed by atoms with E-state index < -0.39 is 26.1 Å². The predicted molar refractivity (Wildman–Crippen MR) is 130 cm³/mol. The van der Waals surface area contributed by atoms with Crippen LogP contribution >= 0.6 is 10.2 Å². The highest BCUT2D eigenvalue weighted by Gasteiger charge is 2.65. The van der Waals surface area contributed by atoms with Crippen LogP contribution < -0.4 is 15.0 Å². The third-order valence-electron chi connectivity index (χ3n) is 6.39. The van der Waals surface area contributed by atoms with E-state index in [0.29, 0.717) is 18.4 Å². The first-order valence-electron chi connectivity index (χ1n) is 11.5. The molecule has 1 aliphatic rings. The topological polar surface area (TPSA) is 56.6 Å². The molecule has 0 spiro atoms. The van der Waals surface area contributed by atoms with Crippen LogP contribution in [0.1, 0.15) is 32.0 Å². The summed E-state index contributed by atoms with van der Waals surface area (Å²) in [5.41, 5.74) is -0.844. The highest BCUT2D eigenvalue weighted by atomic mass is 32.5. The Morgan fingerprint density at radius 2 is 1.86 bits per heavy atom. The largest absolute Gasteiger partial charge is 0.494 e. The maximum atomic E-state index is 13.3. The normalized spacial score (nSPS) is 18.7. The maximum Gasteiger partial charge on any atom is 0.310 e. The number of benzene rings is 2. The van der Waals surface area contributed by atoms with Gasteiger partial charge in [-0.1, -0.05) is 19.4 Å². The summed E-state index contributed by atoms with van der Waals surface area (Å²) in [4.78, 5) is 17.6. The average molecular weight is 534 g/mol. The Morgan fingerprint density at radius 1 is 1.11 bits per heavy atom. The van der Waals surface area contributed by atoms with Gasteiger partial charge in [-0.25, -0.2) is 4.98 Å². The van der Waals surface area contributed by atoms with Crippen LogP contribution in [-0.4, -0.2) is 47.3 Å². The number of methoxy groups -OCH3 is 1. The highest BCUT2D eigenvalue weighted by molar-refractivity contribution is 8.45. The predicted octanol–water partition coefficient (Wildman–Crippen LogP) is 6.61. The molecule has 0 aliphatic carbocycles. The average Bonchev–Trinajstić information content (AvgIpc) is 3.20. The van der Waals surface area contributed by atoms with Crippen molar-refractivity contribution < 1.29 is 28.9 Å². The minimum atomic E-state index is -9.98. The van der Waals surface area contributed by atoms with Gasteiger partial charge < -0.3 is 14.4 Å². The summed E-state index contributed by atoms with van der Waals surface area (Å²) in [5.74, 6) is 0.864. The van der Waals surface area contributed by atoms with E-state index in [1.807, 2.05) is 0 Å². The molecule has 1 fully saturated rings. The summed E-state index contributed by atoms with van der Waals surface area (Å²) in [6, 6.07) is 6.45. The third kappa shape index (κ3) is 5.44. The van der Waals surface area contributed by atoms with Crippen LogP contribution in [-0.2, 0) is 0 Å². The van der Waals surface area contributed by atoms with Gasteiger partial charge in [0.15, 0.2) is 0 Å². The first-order chi connectivity index (χ1) is 16.7. The van der Waals surface area contributed by atoms with E-state index in [1.165, 1.54) is 32.9 Å². The van der Waals surface area contributed by atoms with Crippen molar-refractivity contribution >= 4 is 21.1 Å². The van der Waals surface area contributed by atoms with Crippen LogP contribution in [0.5, 0.6) is 11.5 Å². The molecule has 0 radical (unpaired) electrons. The van der Waals surface area contributed by atoms with Crippen molar-refractivity contribution in [3.05, 3.63) is 52.6 Å². The summed E-state index contributed by atoms with van der Waals surface area (Å²) >= 11 is 0. The zero-order valence-corrected chi connectivity index (χ0v) is 21.0. The molecule has 12 heteroatoms. The number of halogens is 5. The van der Waals surface area contributed by atoms with E-state index in [1.54, 1.807) is 12.1 Å². The van der Waals surface area contributed by atoms with Gasteiger partial charge in [0.2, 0.25) is 0 Å². The van der Waals surface area contributed by atoms with Gasteiger partial charge in [-0.3, -0.25) is 9.36 Å². The molecule has 1 saturated heterocycles. The standard InChI is InChI=1S/C24H28F5N3O3S/c1-16-6-4-11-31(16)12-5-13-35-18-7-10-22(23(14-18)34-3)32-17(2)30-21-9-8-19(15-20(21)24(32)33)36(25,26,27,28)29/h7-10,14-16H,4-6,11-13H2,1-3H3/t16-/m0/s1. The lowest BCUT2D eigenvalue weighted by Gasteiger charge is -2.40. The Morgan fingerprint density at radius 3 is 2.50 bits per heavy atom. The van der Waals surface area contributed by atoms with Crippen LogP contribution in [0.4, 0.5) is 19.4 Å². The van der Waals surface area contributed by atoms with E-state index in [9.17, 15) is 24.2 Å². The van der Waals surface area contributed by atoms with Gasteiger partial charge >= 0.3 is 10.2 Å². The zero-order valence-electron chi connectivity index (χ0n) is 20.1. The lowest BCUT2D eigenvalue weighted by molar-refractivity contribution is 0.230. The van der Waals surface area contributed by atoms with Gasteiger partial charge in [-0.2, -0.15) is 0 Å². The van der Waals surface area contributed by atoms with Gasteiger partial charge in [0.25, 0.3) is 5.56 Å². The van der Waals surface area contributed by atoms with Crippen molar-refractivity contribution in [1.82, 2.24) is 14.5 Å². The second kappa shape index (κ2) is 8.62. The molecular formula is C24H28F5N3O3S. The van der Waals surface area contributed by atoms with Crippen LogP contribution in [0.15, 0.2) is 46.1 Å². The molecule has 0 unspecified atom stereocenters. The Kier molecular flexibility index (Phi) is 6.27. The number of likely N-dealkylation sites (tertiary alicyclic amines) is 1. The van der Waals surface area contributed by atoms with E-state index in [4.69, 9.17) is 9.47 Å². The molecule has 6 nitrogen and oxygen atoms in total. The third-order valence-corrected chi connectivity index (χ3v) is 7.54. The lowest BCUT2D eigenvalue weighted by atomic mass is 10.2. The Balaban J connectivity index is 1.64. The van der Waals surface area contributed by atoms with Gasteiger partial charge in [0.1, 0.15) is 22.2 Å². The minimum absolute atomic E-state index is 0.120. The van der Waals surface area contributed by atoms with Crippen LogP contribution in [0.3, 0.4) is 0 Å².